The summed E-state index contributed by atoms with van der Waals surface area (Å²) in [6.07, 6.45) is 5.45. The van der Waals surface area contributed by atoms with E-state index in [-0.39, 0.29) is 0 Å². The van der Waals surface area contributed by atoms with Gasteiger partial charge in [-0.05, 0) is 24.3 Å². The topological polar surface area (TPSA) is 12.0 Å². The van der Waals surface area contributed by atoms with E-state index in [1.54, 1.807) is 0 Å². The SMILES string of the molecule is CCNC(CCCCC(C)C)C(C)(C)C. The third-order valence-electron chi connectivity index (χ3n) is 3.02. The predicted molar refractivity (Wildman–Crippen MR) is 70.2 cm³/mol. The van der Waals surface area contributed by atoms with Crippen molar-refractivity contribution in [2.75, 3.05) is 6.54 Å². The highest BCUT2D eigenvalue weighted by atomic mass is 14.9. The Bertz CT molecular complexity index is 144. The number of unbranched alkanes of at least 4 members (excludes halogenated alkanes) is 1. The molecular formula is C14H31N. The summed E-state index contributed by atoms with van der Waals surface area (Å²) in [6, 6.07) is 0.676. The van der Waals surface area contributed by atoms with Crippen LogP contribution in [0.2, 0.25) is 0 Å². The minimum Gasteiger partial charge on any atom is -0.314 e. The number of nitrogens with one attached hydrogen (secondary N) is 1. The summed E-state index contributed by atoms with van der Waals surface area (Å²) in [5, 5.41) is 3.61. The van der Waals surface area contributed by atoms with Crippen LogP contribution in [0.25, 0.3) is 0 Å². The number of hydrogen-bond donors (Lipinski definition) is 1. The van der Waals surface area contributed by atoms with Gasteiger partial charge in [-0.3, -0.25) is 0 Å². The van der Waals surface area contributed by atoms with Gasteiger partial charge in [0.15, 0.2) is 0 Å². The molecular weight excluding hydrogens is 182 g/mol. The molecule has 15 heavy (non-hydrogen) atoms. The van der Waals surface area contributed by atoms with Crippen molar-refractivity contribution in [1.82, 2.24) is 5.32 Å². The molecule has 0 aromatic carbocycles. The van der Waals surface area contributed by atoms with Gasteiger partial charge in [-0.1, -0.05) is 60.8 Å². The van der Waals surface area contributed by atoms with E-state index in [0.717, 1.165) is 12.5 Å². The highest BCUT2D eigenvalue weighted by Gasteiger charge is 2.22. The van der Waals surface area contributed by atoms with Crippen molar-refractivity contribution < 1.29 is 0 Å². The summed E-state index contributed by atoms with van der Waals surface area (Å²) in [5.41, 5.74) is 0.397. The lowest BCUT2D eigenvalue weighted by molar-refractivity contribution is 0.251. The molecule has 1 nitrogen and oxygen atoms in total. The van der Waals surface area contributed by atoms with Gasteiger partial charge in [-0.25, -0.2) is 0 Å². The largest absolute Gasteiger partial charge is 0.314 e. The molecule has 0 aliphatic carbocycles. The summed E-state index contributed by atoms with van der Waals surface area (Å²) in [5.74, 6) is 0.859. The van der Waals surface area contributed by atoms with Crippen LogP contribution in [0.5, 0.6) is 0 Å². The fourth-order valence-electron chi connectivity index (χ4n) is 1.99. The van der Waals surface area contributed by atoms with Gasteiger partial charge in [-0.15, -0.1) is 0 Å². The van der Waals surface area contributed by atoms with Crippen molar-refractivity contribution in [3.8, 4) is 0 Å². The normalized spacial score (nSPS) is 14.6. The van der Waals surface area contributed by atoms with Crippen LogP contribution in [0.4, 0.5) is 0 Å². The summed E-state index contributed by atoms with van der Waals surface area (Å²) in [6.45, 7) is 14.9. The Labute approximate surface area is 97.0 Å². The van der Waals surface area contributed by atoms with E-state index in [4.69, 9.17) is 0 Å². The first kappa shape index (κ1) is 15.0. The summed E-state index contributed by atoms with van der Waals surface area (Å²) in [7, 11) is 0. The maximum atomic E-state index is 3.61. The smallest absolute Gasteiger partial charge is 0.0115 e. The van der Waals surface area contributed by atoms with E-state index in [2.05, 4.69) is 46.9 Å². The molecule has 0 bridgehead atoms. The average Bonchev–Trinajstić information content (AvgIpc) is 2.08. The van der Waals surface area contributed by atoms with Gasteiger partial charge in [0.1, 0.15) is 0 Å². The van der Waals surface area contributed by atoms with Gasteiger partial charge in [0.25, 0.3) is 0 Å². The van der Waals surface area contributed by atoms with Gasteiger partial charge in [0.05, 0.1) is 0 Å². The van der Waals surface area contributed by atoms with Crippen LogP contribution in [0.3, 0.4) is 0 Å². The third kappa shape index (κ3) is 7.84. The molecule has 0 aliphatic rings. The standard InChI is InChI=1S/C14H31N/c1-7-15-13(14(4,5)6)11-9-8-10-12(2)3/h12-13,15H,7-11H2,1-6H3. The Morgan fingerprint density at radius 3 is 1.93 bits per heavy atom. The molecule has 0 aromatic rings. The van der Waals surface area contributed by atoms with Crippen molar-refractivity contribution in [1.29, 1.82) is 0 Å². The molecule has 0 amide bonds. The van der Waals surface area contributed by atoms with Crippen molar-refractivity contribution >= 4 is 0 Å². The Morgan fingerprint density at radius 2 is 1.53 bits per heavy atom. The van der Waals surface area contributed by atoms with Crippen LogP contribution in [0.15, 0.2) is 0 Å². The van der Waals surface area contributed by atoms with Crippen LogP contribution in [-0.2, 0) is 0 Å². The van der Waals surface area contributed by atoms with Gasteiger partial charge < -0.3 is 5.32 Å². The molecule has 0 rings (SSSR count). The molecule has 1 heteroatoms. The van der Waals surface area contributed by atoms with Crippen molar-refractivity contribution in [2.24, 2.45) is 11.3 Å². The fraction of sp³-hybridized carbons (Fsp3) is 1.00. The second-order valence-corrected chi connectivity index (χ2v) is 6.15. The zero-order valence-corrected chi connectivity index (χ0v) is 11.7. The number of hydrogen-bond acceptors (Lipinski definition) is 1. The van der Waals surface area contributed by atoms with E-state index in [9.17, 15) is 0 Å². The zero-order valence-electron chi connectivity index (χ0n) is 11.7. The van der Waals surface area contributed by atoms with E-state index >= 15 is 0 Å². The van der Waals surface area contributed by atoms with E-state index < -0.39 is 0 Å². The molecule has 0 saturated carbocycles. The summed E-state index contributed by atoms with van der Waals surface area (Å²) < 4.78 is 0. The molecule has 0 heterocycles. The molecule has 0 saturated heterocycles. The first-order valence-corrected chi connectivity index (χ1v) is 6.61. The summed E-state index contributed by atoms with van der Waals surface area (Å²) >= 11 is 0. The van der Waals surface area contributed by atoms with E-state index in [1.807, 2.05) is 0 Å². The molecule has 0 aromatic heterocycles. The molecule has 1 N–H and O–H groups in total. The fourth-order valence-corrected chi connectivity index (χ4v) is 1.99. The molecule has 1 atom stereocenters. The maximum Gasteiger partial charge on any atom is 0.0115 e. The third-order valence-corrected chi connectivity index (χ3v) is 3.02. The van der Waals surface area contributed by atoms with Crippen molar-refractivity contribution in [2.45, 2.75) is 73.3 Å². The first-order chi connectivity index (χ1) is 6.88. The van der Waals surface area contributed by atoms with Crippen LogP contribution in [0, 0.1) is 11.3 Å². The molecule has 0 radical (unpaired) electrons. The highest BCUT2D eigenvalue weighted by Crippen LogP contribution is 2.24. The maximum absolute atomic E-state index is 3.61. The minimum absolute atomic E-state index is 0.397. The van der Waals surface area contributed by atoms with Gasteiger partial charge in [0.2, 0.25) is 0 Å². The molecule has 92 valence electrons. The second-order valence-electron chi connectivity index (χ2n) is 6.15. The van der Waals surface area contributed by atoms with Crippen LogP contribution in [0.1, 0.15) is 67.2 Å². The van der Waals surface area contributed by atoms with Gasteiger partial charge in [0, 0.05) is 6.04 Å². The average molecular weight is 213 g/mol. The monoisotopic (exact) mass is 213 g/mol. The Kier molecular flexibility index (Phi) is 7.25. The molecule has 0 spiro atoms. The van der Waals surface area contributed by atoms with Gasteiger partial charge in [-0.2, -0.15) is 0 Å². The van der Waals surface area contributed by atoms with Crippen molar-refractivity contribution in [3.63, 3.8) is 0 Å². The quantitative estimate of drug-likeness (QED) is 0.624. The second kappa shape index (κ2) is 7.27. The van der Waals surface area contributed by atoms with Crippen LogP contribution >= 0.6 is 0 Å². The van der Waals surface area contributed by atoms with E-state index in [1.165, 1.54) is 25.7 Å². The highest BCUT2D eigenvalue weighted by molar-refractivity contribution is 4.79. The minimum atomic E-state index is 0.397. The van der Waals surface area contributed by atoms with Gasteiger partial charge >= 0.3 is 0 Å². The molecule has 1 unspecified atom stereocenters. The Balaban J connectivity index is 3.77. The Morgan fingerprint density at radius 1 is 1.00 bits per heavy atom. The molecule has 0 fully saturated rings. The number of rotatable bonds is 7. The van der Waals surface area contributed by atoms with Crippen molar-refractivity contribution in [3.05, 3.63) is 0 Å². The van der Waals surface area contributed by atoms with E-state index in [0.29, 0.717) is 11.5 Å². The Hall–Kier alpha value is -0.0400. The first-order valence-electron chi connectivity index (χ1n) is 6.61. The van der Waals surface area contributed by atoms with Crippen LogP contribution < -0.4 is 5.32 Å². The van der Waals surface area contributed by atoms with Crippen LogP contribution in [-0.4, -0.2) is 12.6 Å². The lowest BCUT2D eigenvalue weighted by Gasteiger charge is -2.31. The zero-order chi connectivity index (χ0) is 11.9. The lowest BCUT2D eigenvalue weighted by Crippen LogP contribution is -2.40. The predicted octanol–water partition coefficient (Wildman–Crippen LogP) is 4.23. The molecule has 0 aliphatic heterocycles. The summed E-state index contributed by atoms with van der Waals surface area (Å²) in [4.78, 5) is 0. The lowest BCUT2D eigenvalue weighted by atomic mass is 9.83.